The Labute approximate surface area is 274 Å². The molecule has 4 rings (SSSR count). The van der Waals surface area contributed by atoms with Crippen LogP contribution in [-0.4, -0.2) is 37.2 Å². The molecule has 1 unspecified atom stereocenters. The van der Waals surface area contributed by atoms with Crippen molar-refractivity contribution in [3.05, 3.63) is 119 Å². The summed E-state index contributed by atoms with van der Waals surface area (Å²) < 4.78 is 10.8. The van der Waals surface area contributed by atoms with Gasteiger partial charge in [-0.1, -0.05) is 57.2 Å². The summed E-state index contributed by atoms with van der Waals surface area (Å²) in [5.41, 5.74) is 3.41. The van der Waals surface area contributed by atoms with Crippen LogP contribution in [0.25, 0.3) is 6.08 Å². The van der Waals surface area contributed by atoms with Gasteiger partial charge in [0.05, 0.1) is 19.5 Å². The standard InChI is InChI=1S/C37H39N3O5S/c1-6-34(37(43)38-28-17-15-25(16-18-28)24(2)3)46-31-14-10-13-29(23-31)39-36(42)32(40-35(41)26-11-8-7-9-12-26)22-27-21-30(44-4)19-20-33(27)45-5/h7-24,34H,6H2,1-5H3,(H,38,43)(H,39,42)(H,40,41)/b32-22+. The molecular formula is C37H39N3O5S. The summed E-state index contributed by atoms with van der Waals surface area (Å²) >= 11 is 1.42. The Kier molecular flexibility index (Phi) is 12.0. The van der Waals surface area contributed by atoms with Crippen LogP contribution in [0.3, 0.4) is 0 Å². The van der Waals surface area contributed by atoms with Crippen LogP contribution in [0.15, 0.2) is 108 Å². The lowest BCUT2D eigenvalue weighted by atomic mass is 10.0. The minimum absolute atomic E-state index is 0.00719. The molecule has 0 radical (unpaired) electrons. The van der Waals surface area contributed by atoms with Crippen LogP contribution < -0.4 is 25.4 Å². The second-order valence-corrected chi connectivity index (χ2v) is 12.0. The SMILES string of the molecule is CCC(Sc1cccc(NC(=O)/C(=C\c2cc(OC)ccc2OC)NC(=O)c2ccccc2)c1)C(=O)Nc1ccc(C(C)C)cc1. The van der Waals surface area contributed by atoms with Crippen LogP contribution in [0.4, 0.5) is 11.4 Å². The Morgan fingerprint density at radius 2 is 1.54 bits per heavy atom. The molecule has 0 spiro atoms. The van der Waals surface area contributed by atoms with Gasteiger partial charge < -0.3 is 25.4 Å². The van der Waals surface area contributed by atoms with Crippen LogP contribution >= 0.6 is 11.8 Å². The van der Waals surface area contributed by atoms with E-state index in [4.69, 9.17) is 9.47 Å². The summed E-state index contributed by atoms with van der Waals surface area (Å²) in [6.45, 7) is 6.22. The Hall–Kier alpha value is -5.02. The molecule has 0 saturated heterocycles. The Morgan fingerprint density at radius 3 is 2.20 bits per heavy atom. The first-order chi connectivity index (χ1) is 22.2. The molecule has 9 heteroatoms. The van der Waals surface area contributed by atoms with Crippen molar-refractivity contribution in [1.29, 1.82) is 0 Å². The van der Waals surface area contributed by atoms with Gasteiger partial charge in [0.25, 0.3) is 11.8 Å². The smallest absolute Gasteiger partial charge is 0.272 e. The minimum atomic E-state index is -0.536. The number of hydrogen-bond donors (Lipinski definition) is 3. The third-order valence-electron chi connectivity index (χ3n) is 7.14. The molecule has 4 aromatic carbocycles. The van der Waals surface area contributed by atoms with Crippen molar-refractivity contribution in [3.8, 4) is 11.5 Å². The highest BCUT2D eigenvalue weighted by Gasteiger charge is 2.20. The molecule has 8 nitrogen and oxygen atoms in total. The fraction of sp³-hybridized carbons (Fsp3) is 0.216. The van der Waals surface area contributed by atoms with Gasteiger partial charge in [0.15, 0.2) is 0 Å². The predicted octanol–water partition coefficient (Wildman–Crippen LogP) is 7.75. The number of thioether (sulfide) groups is 1. The summed E-state index contributed by atoms with van der Waals surface area (Å²) in [5.74, 6) is 0.397. The molecule has 3 N–H and O–H groups in total. The third-order valence-corrected chi connectivity index (χ3v) is 8.50. The number of anilines is 2. The molecule has 238 valence electrons. The summed E-state index contributed by atoms with van der Waals surface area (Å²) in [6, 6.07) is 29.0. The van der Waals surface area contributed by atoms with E-state index in [1.807, 2.05) is 49.4 Å². The second kappa shape index (κ2) is 16.3. The first-order valence-electron chi connectivity index (χ1n) is 15.0. The maximum Gasteiger partial charge on any atom is 0.272 e. The van der Waals surface area contributed by atoms with Crippen LogP contribution in [0.5, 0.6) is 11.5 Å². The summed E-state index contributed by atoms with van der Waals surface area (Å²) in [7, 11) is 3.07. The average molecular weight is 638 g/mol. The second-order valence-electron chi connectivity index (χ2n) is 10.7. The molecule has 0 aliphatic heterocycles. The fourth-order valence-electron chi connectivity index (χ4n) is 4.56. The Morgan fingerprint density at radius 1 is 0.804 bits per heavy atom. The molecule has 46 heavy (non-hydrogen) atoms. The molecule has 0 heterocycles. The van der Waals surface area contributed by atoms with Crippen molar-refractivity contribution in [2.24, 2.45) is 0 Å². The van der Waals surface area contributed by atoms with Gasteiger partial charge in [-0.3, -0.25) is 14.4 Å². The van der Waals surface area contributed by atoms with E-state index in [0.29, 0.717) is 40.7 Å². The Balaban J connectivity index is 1.53. The molecule has 0 fully saturated rings. The first-order valence-corrected chi connectivity index (χ1v) is 15.9. The monoisotopic (exact) mass is 637 g/mol. The molecule has 0 saturated carbocycles. The topological polar surface area (TPSA) is 106 Å². The lowest BCUT2D eigenvalue weighted by molar-refractivity contribution is -0.116. The normalized spacial score (nSPS) is 11.8. The number of rotatable bonds is 13. The lowest BCUT2D eigenvalue weighted by Crippen LogP contribution is -2.30. The molecule has 0 aliphatic rings. The highest BCUT2D eigenvalue weighted by Crippen LogP contribution is 2.30. The molecular weight excluding hydrogens is 598 g/mol. The molecule has 0 aromatic heterocycles. The van der Waals surface area contributed by atoms with Gasteiger partial charge in [0.1, 0.15) is 17.2 Å². The van der Waals surface area contributed by atoms with Crippen LogP contribution in [0, 0.1) is 0 Å². The van der Waals surface area contributed by atoms with Gasteiger partial charge in [-0.25, -0.2) is 0 Å². The van der Waals surface area contributed by atoms with E-state index < -0.39 is 11.8 Å². The van der Waals surface area contributed by atoms with E-state index in [1.54, 1.807) is 67.8 Å². The van der Waals surface area contributed by atoms with Gasteiger partial charge in [-0.15, -0.1) is 11.8 Å². The molecule has 0 aliphatic carbocycles. The fourth-order valence-corrected chi connectivity index (χ4v) is 5.57. The summed E-state index contributed by atoms with van der Waals surface area (Å²) in [4.78, 5) is 40.7. The van der Waals surface area contributed by atoms with Crippen molar-refractivity contribution in [3.63, 3.8) is 0 Å². The van der Waals surface area contributed by atoms with Gasteiger partial charge in [0, 0.05) is 27.4 Å². The zero-order valence-electron chi connectivity index (χ0n) is 26.6. The largest absolute Gasteiger partial charge is 0.497 e. The zero-order valence-corrected chi connectivity index (χ0v) is 27.4. The van der Waals surface area contributed by atoms with Gasteiger partial charge in [-0.2, -0.15) is 0 Å². The number of carbonyl (C=O) groups is 3. The van der Waals surface area contributed by atoms with Crippen molar-refractivity contribution in [2.75, 3.05) is 24.9 Å². The van der Waals surface area contributed by atoms with Crippen molar-refractivity contribution in [1.82, 2.24) is 5.32 Å². The van der Waals surface area contributed by atoms with E-state index in [9.17, 15) is 14.4 Å². The van der Waals surface area contributed by atoms with Crippen LogP contribution in [0.2, 0.25) is 0 Å². The number of hydrogen-bond acceptors (Lipinski definition) is 6. The molecule has 3 amide bonds. The number of benzene rings is 4. The Bertz CT molecular complexity index is 1690. The highest BCUT2D eigenvalue weighted by molar-refractivity contribution is 8.00. The zero-order chi connectivity index (χ0) is 33.1. The van der Waals surface area contributed by atoms with Gasteiger partial charge in [0.2, 0.25) is 5.91 Å². The molecule has 0 bridgehead atoms. The highest BCUT2D eigenvalue weighted by atomic mass is 32.2. The first kappa shape index (κ1) is 33.9. The molecule has 1 atom stereocenters. The minimum Gasteiger partial charge on any atom is -0.497 e. The van der Waals surface area contributed by atoms with E-state index in [-0.39, 0.29) is 16.9 Å². The third kappa shape index (κ3) is 9.25. The number of carbonyl (C=O) groups excluding carboxylic acids is 3. The summed E-state index contributed by atoms with van der Waals surface area (Å²) in [6.07, 6.45) is 2.15. The van der Waals surface area contributed by atoms with Crippen LogP contribution in [-0.2, 0) is 9.59 Å². The van der Waals surface area contributed by atoms with E-state index in [0.717, 1.165) is 10.6 Å². The van der Waals surface area contributed by atoms with Crippen molar-refractivity contribution >= 4 is 46.9 Å². The van der Waals surface area contributed by atoms with E-state index >= 15 is 0 Å². The van der Waals surface area contributed by atoms with Gasteiger partial charge >= 0.3 is 0 Å². The number of ether oxygens (including phenoxy) is 2. The average Bonchev–Trinajstić information content (AvgIpc) is 3.07. The van der Waals surface area contributed by atoms with Crippen molar-refractivity contribution in [2.45, 2.75) is 43.3 Å². The lowest BCUT2D eigenvalue weighted by Gasteiger charge is -2.16. The van der Waals surface area contributed by atoms with E-state index in [1.165, 1.54) is 24.4 Å². The number of amides is 3. The predicted molar refractivity (Wildman–Crippen MR) is 186 cm³/mol. The number of methoxy groups -OCH3 is 2. The van der Waals surface area contributed by atoms with Gasteiger partial charge in [-0.05, 0) is 84.6 Å². The maximum atomic E-state index is 13.7. The quantitative estimate of drug-likeness (QED) is 0.102. The van der Waals surface area contributed by atoms with E-state index in [2.05, 4.69) is 29.8 Å². The summed E-state index contributed by atoms with van der Waals surface area (Å²) in [5, 5.41) is 8.31. The van der Waals surface area contributed by atoms with Crippen LogP contribution in [0.1, 0.15) is 54.6 Å². The maximum absolute atomic E-state index is 13.7. The molecule has 4 aromatic rings. The number of nitrogens with one attached hydrogen (secondary N) is 3. The van der Waals surface area contributed by atoms with Crippen molar-refractivity contribution < 1.29 is 23.9 Å².